The van der Waals surface area contributed by atoms with Crippen molar-refractivity contribution in [1.29, 1.82) is 0 Å². The highest BCUT2D eigenvalue weighted by Gasteiger charge is 2.02. The second-order valence-electron chi connectivity index (χ2n) is 4.04. The fourth-order valence-electron chi connectivity index (χ4n) is 1.80. The molecule has 2 N–H and O–H groups in total. The molecule has 16 heavy (non-hydrogen) atoms. The monoisotopic (exact) mass is 212 g/mol. The van der Waals surface area contributed by atoms with Crippen molar-refractivity contribution in [1.82, 2.24) is 4.98 Å². The quantitative estimate of drug-likeness (QED) is 0.831. The van der Waals surface area contributed by atoms with E-state index in [4.69, 9.17) is 5.73 Å². The van der Waals surface area contributed by atoms with Gasteiger partial charge < -0.3 is 5.73 Å². The number of hydrogen-bond acceptors (Lipinski definition) is 2. The van der Waals surface area contributed by atoms with Gasteiger partial charge in [0, 0.05) is 24.0 Å². The Bertz CT molecular complexity index is 487. The molecule has 0 bridgehead atoms. The number of aryl methyl sites for hydroxylation is 2. The minimum atomic E-state index is 0.591. The number of benzene rings is 1. The van der Waals surface area contributed by atoms with Gasteiger partial charge in [0.05, 0.1) is 0 Å². The van der Waals surface area contributed by atoms with E-state index in [-0.39, 0.29) is 0 Å². The molecule has 0 saturated carbocycles. The van der Waals surface area contributed by atoms with Crippen molar-refractivity contribution in [3.05, 3.63) is 53.3 Å². The molecule has 1 aromatic heterocycles. The molecule has 1 heterocycles. The Kier molecular flexibility index (Phi) is 3.02. The number of pyridine rings is 1. The molecular weight excluding hydrogens is 196 g/mol. The highest BCUT2D eigenvalue weighted by Crippen LogP contribution is 2.23. The van der Waals surface area contributed by atoms with Crippen molar-refractivity contribution in [3.63, 3.8) is 0 Å². The van der Waals surface area contributed by atoms with E-state index >= 15 is 0 Å². The average Bonchev–Trinajstić information content (AvgIpc) is 2.30. The lowest BCUT2D eigenvalue weighted by molar-refractivity contribution is 1.07. The predicted molar refractivity (Wildman–Crippen MR) is 67.0 cm³/mol. The summed E-state index contributed by atoms with van der Waals surface area (Å²) in [6.07, 6.45) is 1.92. The van der Waals surface area contributed by atoms with Gasteiger partial charge in [-0.3, -0.25) is 4.98 Å². The molecule has 0 aliphatic heterocycles. The number of hydrogen-bond donors (Lipinski definition) is 1. The molecule has 0 saturated heterocycles. The molecular formula is C14H16N2. The Hall–Kier alpha value is -1.67. The van der Waals surface area contributed by atoms with Crippen LogP contribution in [-0.4, -0.2) is 4.98 Å². The van der Waals surface area contributed by atoms with E-state index in [1.165, 1.54) is 16.7 Å². The third-order valence-electron chi connectivity index (χ3n) is 2.75. The molecule has 0 spiro atoms. The van der Waals surface area contributed by atoms with Gasteiger partial charge in [-0.25, -0.2) is 0 Å². The highest BCUT2D eigenvalue weighted by molar-refractivity contribution is 5.66. The SMILES string of the molecule is Cc1ccc(-c2ccc(CN)cc2C)cn1. The molecule has 0 atom stereocenters. The molecule has 2 aromatic rings. The van der Waals surface area contributed by atoms with Crippen LogP contribution < -0.4 is 5.73 Å². The summed E-state index contributed by atoms with van der Waals surface area (Å²) in [4.78, 5) is 4.31. The number of rotatable bonds is 2. The van der Waals surface area contributed by atoms with Crippen LogP contribution in [0.4, 0.5) is 0 Å². The largest absolute Gasteiger partial charge is 0.326 e. The summed E-state index contributed by atoms with van der Waals surface area (Å²) in [6.45, 7) is 4.69. The maximum atomic E-state index is 5.61. The molecule has 82 valence electrons. The minimum Gasteiger partial charge on any atom is -0.326 e. The van der Waals surface area contributed by atoms with Crippen LogP contribution in [0.3, 0.4) is 0 Å². The van der Waals surface area contributed by atoms with Crippen molar-refractivity contribution in [2.45, 2.75) is 20.4 Å². The van der Waals surface area contributed by atoms with E-state index in [1.807, 2.05) is 19.2 Å². The lowest BCUT2D eigenvalue weighted by Crippen LogP contribution is -1.97. The zero-order valence-electron chi connectivity index (χ0n) is 9.70. The molecule has 0 fully saturated rings. The lowest BCUT2D eigenvalue weighted by atomic mass is 9.99. The third-order valence-corrected chi connectivity index (χ3v) is 2.75. The van der Waals surface area contributed by atoms with Crippen LogP contribution in [0, 0.1) is 13.8 Å². The fourth-order valence-corrected chi connectivity index (χ4v) is 1.80. The lowest BCUT2D eigenvalue weighted by Gasteiger charge is -2.07. The summed E-state index contributed by atoms with van der Waals surface area (Å²) >= 11 is 0. The fraction of sp³-hybridized carbons (Fsp3) is 0.214. The second kappa shape index (κ2) is 4.45. The third kappa shape index (κ3) is 2.12. The van der Waals surface area contributed by atoms with Gasteiger partial charge in [-0.2, -0.15) is 0 Å². The Balaban J connectivity index is 2.44. The van der Waals surface area contributed by atoms with Gasteiger partial charge in [0.15, 0.2) is 0 Å². The van der Waals surface area contributed by atoms with Gasteiger partial charge in [0.25, 0.3) is 0 Å². The van der Waals surface area contributed by atoms with Crippen LogP contribution in [0.5, 0.6) is 0 Å². The smallest absolute Gasteiger partial charge is 0.0373 e. The minimum absolute atomic E-state index is 0.591. The van der Waals surface area contributed by atoms with Crippen molar-refractivity contribution in [3.8, 4) is 11.1 Å². The Labute approximate surface area is 96.1 Å². The predicted octanol–water partition coefficient (Wildman–Crippen LogP) is 2.82. The first-order chi connectivity index (χ1) is 7.70. The van der Waals surface area contributed by atoms with Crippen LogP contribution in [0.1, 0.15) is 16.8 Å². The Morgan fingerprint density at radius 1 is 1.12 bits per heavy atom. The molecule has 1 aromatic carbocycles. The topological polar surface area (TPSA) is 38.9 Å². The number of nitrogens with two attached hydrogens (primary N) is 1. The summed E-state index contributed by atoms with van der Waals surface area (Å²) in [5.41, 5.74) is 11.5. The highest BCUT2D eigenvalue weighted by atomic mass is 14.7. The van der Waals surface area contributed by atoms with E-state index in [9.17, 15) is 0 Å². The normalized spacial score (nSPS) is 10.4. The molecule has 2 rings (SSSR count). The molecule has 0 aliphatic rings. The first-order valence-electron chi connectivity index (χ1n) is 5.43. The van der Waals surface area contributed by atoms with Crippen LogP contribution in [-0.2, 0) is 6.54 Å². The number of nitrogens with zero attached hydrogens (tertiary/aromatic N) is 1. The molecule has 0 amide bonds. The van der Waals surface area contributed by atoms with Crippen LogP contribution >= 0.6 is 0 Å². The van der Waals surface area contributed by atoms with Gasteiger partial charge in [-0.15, -0.1) is 0 Å². The summed E-state index contributed by atoms with van der Waals surface area (Å²) in [5, 5.41) is 0. The summed E-state index contributed by atoms with van der Waals surface area (Å²) in [6, 6.07) is 10.5. The van der Waals surface area contributed by atoms with Crippen molar-refractivity contribution >= 4 is 0 Å². The van der Waals surface area contributed by atoms with E-state index in [1.54, 1.807) is 0 Å². The Morgan fingerprint density at radius 2 is 1.94 bits per heavy atom. The van der Waals surface area contributed by atoms with E-state index in [2.05, 4.69) is 36.2 Å². The van der Waals surface area contributed by atoms with E-state index in [0.717, 1.165) is 11.3 Å². The molecule has 0 radical (unpaired) electrons. The first kappa shape index (κ1) is 10.8. The van der Waals surface area contributed by atoms with Crippen LogP contribution in [0.25, 0.3) is 11.1 Å². The maximum Gasteiger partial charge on any atom is 0.0373 e. The van der Waals surface area contributed by atoms with Crippen molar-refractivity contribution in [2.24, 2.45) is 5.73 Å². The molecule has 2 nitrogen and oxygen atoms in total. The zero-order valence-corrected chi connectivity index (χ0v) is 9.70. The van der Waals surface area contributed by atoms with Crippen molar-refractivity contribution < 1.29 is 0 Å². The van der Waals surface area contributed by atoms with Gasteiger partial charge in [0.2, 0.25) is 0 Å². The van der Waals surface area contributed by atoms with E-state index < -0.39 is 0 Å². The Morgan fingerprint density at radius 3 is 2.50 bits per heavy atom. The summed E-state index contributed by atoms with van der Waals surface area (Å²) in [5.74, 6) is 0. The van der Waals surface area contributed by atoms with Crippen LogP contribution in [0.15, 0.2) is 36.5 Å². The van der Waals surface area contributed by atoms with Crippen LogP contribution in [0.2, 0.25) is 0 Å². The molecule has 0 aliphatic carbocycles. The second-order valence-corrected chi connectivity index (χ2v) is 4.04. The average molecular weight is 212 g/mol. The van der Waals surface area contributed by atoms with Crippen molar-refractivity contribution in [2.75, 3.05) is 0 Å². The van der Waals surface area contributed by atoms with Gasteiger partial charge in [0.1, 0.15) is 0 Å². The first-order valence-corrected chi connectivity index (χ1v) is 5.43. The standard InChI is InChI=1S/C14H16N2/c1-10-7-12(8-15)4-6-14(10)13-5-3-11(2)16-9-13/h3-7,9H,8,15H2,1-2H3. The number of aromatic nitrogens is 1. The van der Waals surface area contributed by atoms with E-state index in [0.29, 0.717) is 6.54 Å². The summed E-state index contributed by atoms with van der Waals surface area (Å²) < 4.78 is 0. The zero-order chi connectivity index (χ0) is 11.5. The molecule has 0 unspecified atom stereocenters. The van der Waals surface area contributed by atoms with Gasteiger partial charge >= 0.3 is 0 Å². The molecule has 2 heteroatoms. The maximum absolute atomic E-state index is 5.61. The summed E-state index contributed by atoms with van der Waals surface area (Å²) in [7, 11) is 0. The van der Waals surface area contributed by atoms with Gasteiger partial charge in [-0.1, -0.05) is 24.3 Å². The van der Waals surface area contributed by atoms with Gasteiger partial charge in [-0.05, 0) is 36.6 Å².